The Hall–Kier alpha value is -1.97. The second-order valence-corrected chi connectivity index (χ2v) is 75.6. The van der Waals surface area contributed by atoms with E-state index in [-0.39, 0.29) is 7.35 Å². The van der Waals surface area contributed by atoms with Gasteiger partial charge in [-0.15, -0.1) is 0 Å². The summed E-state index contributed by atoms with van der Waals surface area (Å²) in [5, 5.41) is 0. The van der Waals surface area contributed by atoms with Crippen molar-refractivity contribution in [1.82, 2.24) is 0 Å². The Bertz CT molecular complexity index is 1800. The number of hydrogen-bond acceptors (Lipinski definition) is 0. The summed E-state index contributed by atoms with van der Waals surface area (Å²) in [6, 6.07) is 32.1. The third kappa shape index (κ3) is 6.70. The zero-order chi connectivity index (χ0) is 35.8. The van der Waals surface area contributed by atoms with Crippen molar-refractivity contribution in [2.75, 3.05) is 0 Å². The molecule has 0 aliphatic heterocycles. The summed E-state index contributed by atoms with van der Waals surface area (Å²) in [4.78, 5) is 0. The Morgan fingerprint density at radius 3 is 1.30 bits per heavy atom. The van der Waals surface area contributed by atoms with E-state index in [0.717, 1.165) is 38.5 Å². The molecular formula is C46H57Cl2HfSi. The number of halogens is 2. The maximum absolute atomic E-state index is 8.82. The quantitative estimate of drug-likeness (QED) is 0.117. The molecular weight excluding hydrogens is 830 g/mol. The van der Waals surface area contributed by atoms with Crippen LogP contribution in [0, 0.1) is 11.8 Å². The molecule has 2 atom stereocenters. The maximum atomic E-state index is 8.82. The van der Waals surface area contributed by atoms with Crippen LogP contribution in [0.4, 0.5) is 0 Å². The molecule has 0 saturated carbocycles. The molecule has 2 aliphatic carbocycles. The Labute approximate surface area is 312 Å². The Balaban J connectivity index is 1.58. The van der Waals surface area contributed by atoms with Gasteiger partial charge in [0.1, 0.15) is 0 Å². The minimum absolute atomic E-state index is 0.127. The van der Waals surface area contributed by atoms with E-state index in [0.29, 0.717) is 11.8 Å². The molecule has 0 aromatic heterocycles. The van der Waals surface area contributed by atoms with Crippen LogP contribution in [0.15, 0.2) is 96.1 Å². The number of fused-ring (bicyclic) bond motifs is 2. The van der Waals surface area contributed by atoms with Crippen LogP contribution in [0.25, 0.3) is 34.4 Å². The average molecular weight is 887 g/mol. The van der Waals surface area contributed by atoms with E-state index >= 15 is 0 Å². The molecule has 4 heteroatoms. The fourth-order valence-electron chi connectivity index (χ4n) is 9.35. The Morgan fingerprint density at radius 2 is 0.940 bits per heavy atom. The summed E-state index contributed by atoms with van der Waals surface area (Å²) in [5.74, 6) is -0.459. The van der Waals surface area contributed by atoms with Crippen LogP contribution in [0.5, 0.6) is 0 Å². The van der Waals surface area contributed by atoms with Crippen LogP contribution >= 0.6 is 17.2 Å². The summed E-state index contributed by atoms with van der Waals surface area (Å²) < 4.78 is 0.254. The first-order valence-electron chi connectivity index (χ1n) is 19.3. The van der Waals surface area contributed by atoms with Crippen LogP contribution in [-0.4, -0.2) is 5.98 Å². The zero-order valence-electron chi connectivity index (χ0n) is 31.6. The average Bonchev–Trinajstić information content (AvgIpc) is 3.64. The van der Waals surface area contributed by atoms with E-state index < -0.39 is 21.3 Å². The van der Waals surface area contributed by atoms with Gasteiger partial charge in [-0.2, -0.15) is 0 Å². The van der Waals surface area contributed by atoms with Gasteiger partial charge in [-0.1, -0.05) is 0 Å². The van der Waals surface area contributed by atoms with Gasteiger partial charge in [0, 0.05) is 0 Å². The molecule has 0 spiro atoms. The molecule has 50 heavy (non-hydrogen) atoms. The summed E-state index contributed by atoms with van der Waals surface area (Å²) in [6.07, 6.45) is 11.5. The fourth-order valence-corrected chi connectivity index (χ4v) is 53.9. The normalized spacial score (nSPS) is 17.9. The first kappa shape index (κ1) is 37.8. The number of hydrogen-bond donors (Lipinski definition) is 0. The van der Waals surface area contributed by atoms with Crippen LogP contribution in [0.2, 0.25) is 13.1 Å². The molecule has 0 nitrogen and oxygen atoms in total. The first-order chi connectivity index (χ1) is 23.9. The number of allylic oxidation sites excluding steroid dienone is 2. The summed E-state index contributed by atoms with van der Waals surface area (Å²) in [6.45, 7) is 18.9. The number of benzene rings is 4. The molecule has 0 amide bonds. The van der Waals surface area contributed by atoms with Gasteiger partial charge in [0.25, 0.3) is 0 Å². The molecule has 2 aliphatic rings. The van der Waals surface area contributed by atoms with Crippen molar-refractivity contribution in [1.29, 1.82) is 0 Å². The third-order valence-corrected chi connectivity index (χ3v) is 84.3. The van der Waals surface area contributed by atoms with Gasteiger partial charge in [-0.05, 0) is 0 Å². The second kappa shape index (κ2) is 15.2. The summed E-state index contributed by atoms with van der Waals surface area (Å²) in [7, 11) is 17.6. The summed E-state index contributed by atoms with van der Waals surface area (Å²) >= 11 is -5.03. The topological polar surface area (TPSA) is 0 Å². The second-order valence-electron chi connectivity index (χ2n) is 16.3. The fraction of sp³-hybridized carbons (Fsp3) is 0.391. The Morgan fingerprint density at radius 1 is 0.560 bits per heavy atom. The van der Waals surface area contributed by atoms with Crippen molar-refractivity contribution in [3.63, 3.8) is 0 Å². The van der Waals surface area contributed by atoms with Gasteiger partial charge in [0.2, 0.25) is 0 Å². The van der Waals surface area contributed by atoms with Crippen molar-refractivity contribution in [3.8, 4) is 22.3 Å². The first-order valence-corrected chi connectivity index (χ1v) is 41.5. The van der Waals surface area contributed by atoms with Crippen molar-refractivity contribution >= 4 is 35.3 Å². The van der Waals surface area contributed by atoms with Crippen LogP contribution in [0.1, 0.15) is 108 Å². The van der Waals surface area contributed by atoms with Crippen molar-refractivity contribution < 1.29 is 15.3 Å². The van der Waals surface area contributed by atoms with Gasteiger partial charge in [0.15, 0.2) is 0 Å². The Kier molecular flexibility index (Phi) is 11.5. The summed E-state index contributed by atoms with van der Waals surface area (Å²) in [5.41, 5.74) is 16.7. The van der Waals surface area contributed by atoms with Crippen molar-refractivity contribution in [2.24, 2.45) is 11.8 Å². The standard InChI is InChI=1S/2C22H25.C2H7Si.2ClH.Hf/c2*1-4-8-17-14-19-10-7-12-21(22(19)15-17)20-11-6-5-9-18(20)13-16(2)3;1-3-2;;;/h2*5-7,9-12,14-16H,4,8,13H2,1-3H3;3H,1-2H3;2*1H;/q;;;;;+2/p-2. The van der Waals surface area contributed by atoms with Crippen molar-refractivity contribution in [2.45, 2.75) is 101 Å². The van der Waals surface area contributed by atoms with E-state index in [1.165, 1.54) is 66.8 Å². The molecule has 0 radical (unpaired) electrons. The van der Waals surface area contributed by atoms with Crippen LogP contribution < -0.4 is 0 Å². The molecule has 0 N–H and O–H groups in total. The van der Waals surface area contributed by atoms with E-state index in [1.807, 2.05) is 0 Å². The molecule has 6 rings (SSSR count). The van der Waals surface area contributed by atoms with Crippen LogP contribution in [0.3, 0.4) is 0 Å². The molecule has 0 saturated heterocycles. The van der Waals surface area contributed by atoms with E-state index in [9.17, 15) is 0 Å². The predicted octanol–water partition coefficient (Wildman–Crippen LogP) is 14.6. The molecule has 4 aromatic carbocycles. The SMILES string of the molecule is CCCC1=Cc2c(-c3ccccc3CC(C)C)cccc2[CH]1[Hf]([Cl])([Cl])([CH]1C(CCC)=Cc2c(-c3ccccc3CC(C)C)cccc21)[SiH](C)C. The monoisotopic (exact) mass is 887 g/mol. The molecule has 263 valence electrons. The number of rotatable bonds is 13. The van der Waals surface area contributed by atoms with Gasteiger partial charge >= 0.3 is 315 Å². The van der Waals surface area contributed by atoms with E-state index in [1.54, 1.807) is 0 Å². The molecule has 2 unspecified atom stereocenters. The third-order valence-electron chi connectivity index (χ3n) is 11.5. The zero-order valence-corrected chi connectivity index (χ0v) is 37.9. The minimum atomic E-state index is -5.03. The van der Waals surface area contributed by atoms with Gasteiger partial charge < -0.3 is 0 Å². The predicted molar refractivity (Wildman–Crippen MR) is 223 cm³/mol. The van der Waals surface area contributed by atoms with E-state index in [4.69, 9.17) is 17.2 Å². The van der Waals surface area contributed by atoms with Crippen LogP contribution in [-0.2, 0) is 28.1 Å². The van der Waals surface area contributed by atoms with E-state index in [2.05, 4.69) is 152 Å². The molecule has 4 aromatic rings. The van der Waals surface area contributed by atoms with Crippen molar-refractivity contribution in [3.05, 3.63) is 129 Å². The van der Waals surface area contributed by atoms with Gasteiger partial charge in [0.05, 0.1) is 0 Å². The molecule has 0 heterocycles. The van der Waals surface area contributed by atoms with Gasteiger partial charge in [-0.25, -0.2) is 0 Å². The molecule has 0 bridgehead atoms. The van der Waals surface area contributed by atoms with Gasteiger partial charge in [-0.3, -0.25) is 0 Å². The molecule has 0 fully saturated rings.